The zero-order valence-electron chi connectivity index (χ0n) is 12.3. The normalized spacial score (nSPS) is 11.8. The first-order valence-electron chi connectivity index (χ1n) is 6.82. The molecule has 4 nitrogen and oxygen atoms in total. The number of aliphatic hydroxyl groups is 1. The summed E-state index contributed by atoms with van der Waals surface area (Å²) in [7, 11) is 1.61. The third-order valence-corrected chi connectivity index (χ3v) is 2.97. The maximum Gasteiger partial charge on any atom is 0.122 e. The van der Waals surface area contributed by atoms with Gasteiger partial charge in [0.15, 0.2) is 0 Å². The van der Waals surface area contributed by atoms with Crippen molar-refractivity contribution in [1.82, 2.24) is 0 Å². The smallest absolute Gasteiger partial charge is 0.122 e. The van der Waals surface area contributed by atoms with Crippen LogP contribution in [0, 0.1) is 6.92 Å². The minimum Gasteiger partial charge on any atom is -0.497 e. The molecule has 21 heavy (non-hydrogen) atoms. The van der Waals surface area contributed by atoms with Gasteiger partial charge in [-0.25, -0.2) is 0 Å². The number of benzene rings is 2. The number of aryl methyl sites for hydroxylation is 1. The highest BCUT2D eigenvalue weighted by Crippen LogP contribution is 2.17. The van der Waals surface area contributed by atoms with Crippen LogP contribution in [-0.4, -0.2) is 31.5 Å². The average molecular weight is 288 g/mol. The minimum absolute atomic E-state index is 0.179. The number of methoxy groups -OCH3 is 1. The van der Waals surface area contributed by atoms with Crippen LogP contribution in [0.1, 0.15) is 5.56 Å². The molecule has 1 unspecified atom stereocenters. The first-order chi connectivity index (χ1) is 10.2. The quantitative estimate of drug-likeness (QED) is 0.851. The van der Waals surface area contributed by atoms with Gasteiger partial charge in [0.1, 0.15) is 36.6 Å². The highest BCUT2D eigenvalue weighted by atomic mass is 16.5. The van der Waals surface area contributed by atoms with Crippen molar-refractivity contribution >= 4 is 0 Å². The predicted molar refractivity (Wildman–Crippen MR) is 81.2 cm³/mol. The van der Waals surface area contributed by atoms with Gasteiger partial charge in [-0.05, 0) is 43.3 Å². The number of rotatable bonds is 7. The highest BCUT2D eigenvalue weighted by molar-refractivity contribution is 5.31. The Morgan fingerprint density at radius 3 is 1.71 bits per heavy atom. The second-order valence-electron chi connectivity index (χ2n) is 4.76. The van der Waals surface area contributed by atoms with E-state index in [4.69, 9.17) is 14.2 Å². The molecular formula is C17H20O4. The molecule has 0 aliphatic carbocycles. The highest BCUT2D eigenvalue weighted by Gasteiger charge is 2.07. The van der Waals surface area contributed by atoms with Crippen molar-refractivity contribution in [3.63, 3.8) is 0 Å². The summed E-state index contributed by atoms with van der Waals surface area (Å²) in [6, 6.07) is 14.9. The molecule has 0 saturated carbocycles. The molecule has 2 aromatic rings. The van der Waals surface area contributed by atoms with Gasteiger partial charge in [0, 0.05) is 0 Å². The third kappa shape index (κ3) is 5.00. The Morgan fingerprint density at radius 1 is 0.810 bits per heavy atom. The van der Waals surface area contributed by atoms with Gasteiger partial charge in [-0.2, -0.15) is 0 Å². The molecule has 2 rings (SSSR count). The molecule has 0 aliphatic rings. The zero-order chi connectivity index (χ0) is 15.1. The Bertz CT molecular complexity index is 534. The van der Waals surface area contributed by atoms with Crippen molar-refractivity contribution in [3.8, 4) is 17.2 Å². The van der Waals surface area contributed by atoms with Crippen molar-refractivity contribution in [1.29, 1.82) is 0 Å². The molecule has 0 radical (unpaired) electrons. The molecule has 0 aliphatic heterocycles. The molecule has 0 saturated heterocycles. The molecule has 0 heterocycles. The summed E-state index contributed by atoms with van der Waals surface area (Å²) in [5.41, 5.74) is 1.17. The van der Waals surface area contributed by atoms with Gasteiger partial charge in [-0.1, -0.05) is 17.7 Å². The van der Waals surface area contributed by atoms with Gasteiger partial charge in [-0.3, -0.25) is 0 Å². The van der Waals surface area contributed by atoms with Gasteiger partial charge in [0.05, 0.1) is 7.11 Å². The van der Waals surface area contributed by atoms with Crippen LogP contribution in [0.25, 0.3) is 0 Å². The van der Waals surface area contributed by atoms with Crippen LogP contribution in [0.15, 0.2) is 48.5 Å². The predicted octanol–water partition coefficient (Wildman–Crippen LogP) is 2.82. The molecular weight excluding hydrogens is 268 g/mol. The fourth-order valence-electron chi connectivity index (χ4n) is 1.74. The van der Waals surface area contributed by atoms with Crippen LogP contribution < -0.4 is 14.2 Å². The SMILES string of the molecule is COc1ccc(OCC(O)COc2ccc(C)cc2)cc1. The van der Waals surface area contributed by atoms with Gasteiger partial charge in [0.2, 0.25) is 0 Å². The lowest BCUT2D eigenvalue weighted by atomic mass is 10.2. The summed E-state index contributed by atoms with van der Waals surface area (Å²) in [5.74, 6) is 2.19. The van der Waals surface area contributed by atoms with Gasteiger partial charge in [0.25, 0.3) is 0 Å². The number of hydrogen-bond donors (Lipinski definition) is 1. The van der Waals surface area contributed by atoms with E-state index in [0.29, 0.717) is 5.75 Å². The summed E-state index contributed by atoms with van der Waals surface area (Å²) in [6.07, 6.45) is -0.687. The molecule has 0 amide bonds. The lowest BCUT2D eigenvalue weighted by molar-refractivity contribution is 0.0626. The monoisotopic (exact) mass is 288 g/mol. The van der Waals surface area contributed by atoms with Crippen LogP contribution in [0.5, 0.6) is 17.2 Å². The molecule has 0 fully saturated rings. The Balaban J connectivity index is 1.73. The molecule has 1 N–H and O–H groups in total. The first kappa shape index (κ1) is 15.2. The second kappa shape index (κ2) is 7.55. The lowest BCUT2D eigenvalue weighted by Crippen LogP contribution is -2.25. The standard InChI is InChI=1S/C17H20O4/c1-13-3-5-16(6-4-13)20-11-14(18)12-21-17-9-7-15(19-2)8-10-17/h3-10,14,18H,11-12H2,1-2H3. The number of hydrogen-bond acceptors (Lipinski definition) is 4. The Morgan fingerprint density at radius 2 is 1.24 bits per heavy atom. The van der Waals surface area contributed by atoms with E-state index in [0.717, 1.165) is 11.5 Å². The van der Waals surface area contributed by atoms with E-state index in [1.807, 2.05) is 43.3 Å². The molecule has 0 spiro atoms. The largest absolute Gasteiger partial charge is 0.497 e. The molecule has 112 valence electrons. The third-order valence-electron chi connectivity index (χ3n) is 2.97. The van der Waals surface area contributed by atoms with E-state index in [1.54, 1.807) is 19.2 Å². The molecule has 0 bridgehead atoms. The molecule has 4 heteroatoms. The van der Waals surface area contributed by atoms with E-state index in [1.165, 1.54) is 5.56 Å². The van der Waals surface area contributed by atoms with Crippen LogP contribution in [0.2, 0.25) is 0 Å². The van der Waals surface area contributed by atoms with E-state index < -0.39 is 6.10 Å². The Kier molecular flexibility index (Phi) is 5.46. The summed E-state index contributed by atoms with van der Waals surface area (Å²) >= 11 is 0. The number of ether oxygens (including phenoxy) is 3. The Hall–Kier alpha value is -2.20. The van der Waals surface area contributed by atoms with Crippen molar-refractivity contribution in [2.45, 2.75) is 13.0 Å². The van der Waals surface area contributed by atoms with Gasteiger partial charge < -0.3 is 19.3 Å². The fourth-order valence-corrected chi connectivity index (χ4v) is 1.74. The maximum atomic E-state index is 9.85. The second-order valence-corrected chi connectivity index (χ2v) is 4.76. The van der Waals surface area contributed by atoms with Gasteiger partial charge in [-0.15, -0.1) is 0 Å². The summed E-state index contributed by atoms with van der Waals surface area (Å²) < 4.78 is 16.1. The zero-order valence-corrected chi connectivity index (χ0v) is 12.3. The lowest BCUT2D eigenvalue weighted by Gasteiger charge is -2.14. The summed E-state index contributed by atoms with van der Waals surface area (Å²) in [4.78, 5) is 0. The molecule has 1 atom stereocenters. The Labute approximate surface area is 124 Å². The van der Waals surface area contributed by atoms with Crippen LogP contribution >= 0.6 is 0 Å². The van der Waals surface area contributed by atoms with E-state index in [-0.39, 0.29) is 13.2 Å². The van der Waals surface area contributed by atoms with Crippen LogP contribution in [0.4, 0.5) is 0 Å². The van der Waals surface area contributed by atoms with Crippen molar-refractivity contribution in [3.05, 3.63) is 54.1 Å². The average Bonchev–Trinajstić information content (AvgIpc) is 2.53. The first-order valence-corrected chi connectivity index (χ1v) is 6.82. The van der Waals surface area contributed by atoms with E-state index in [9.17, 15) is 5.11 Å². The summed E-state index contributed by atoms with van der Waals surface area (Å²) in [5, 5.41) is 9.85. The van der Waals surface area contributed by atoms with E-state index in [2.05, 4.69) is 0 Å². The maximum absolute atomic E-state index is 9.85. The fraction of sp³-hybridized carbons (Fsp3) is 0.294. The van der Waals surface area contributed by atoms with Crippen molar-refractivity contribution < 1.29 is 19.3 Å². The molecule has 0 aromatic heterocycles. The minimum atomic E-state index is -0.687. The number of aliphatic hydroxyl groups excluding tert-OH is 1. The van der Waals surface area contributed by atoms with Crippen LogP contribution in [0.3, 0.4) is 0 Å². The van der Waals surface area contributed by atoms with Crippen LogP contribution in [-0.2, 0) is 0 Å². The van der Waals surface area contributed by atoms with Crippen molar-refractivity contribution in [2.24, 2.45) is 0 Å². The van der Waals surface area contributed by atoms with Gasteiger partial charge >= 0.3 is 0 Å². The summed E-state index contributed by atoms with van der Waals surface area (Å²) in [6.45, 7) is 2.39. The molecule has 2 aromatic carbocycles. The topological polar surface area (TPSA) is 47.9 Å². The van der Waals surface area contributed by atoms with Crippen molar-refractivity contribution in [2.75, 3.05) is 20.3 Å². The van der Waals surface area contributed by atoms with E-state index >= 15 is 0 Å².